The van der Waals surface area contributed by atoms with Crippen LogP contribution in [0.4, 0.5) is 5.69 Å². The lowest BCUT2D eigenvalue weighted by molar-refractivity contribution is 0.459. The van der Waals surface area contributed by atoms with Gasteiger partial charge in [-0.15, -0.1) is 24.8 Å². The monoisotopic (exact) mass is 541 g/mol. The van der Waals surface area contributed by atoms with E-state index in [2.05, 4.69) is 20.0 Å². The fourth-order valence-electron chi connectivity index (χ4n) is 2.90. The molecular formula is C19H29Cl2N5O5S2. The number of hydrogen-bond donors (Lipinski definition) is 3. The van der Waals surface area contributed by atoms with Crippen LogP contribution in [0, 0.1) is 0 Å². The van der Waals surface area contributed by atoms with Crippen molar-refractivity contribution < 1.29 is 22.3 Å². The molecule has 0 fully saturated rings. The molecule has 0 radical (unpaired) electrons. The zero-order valence-electron chi connectivity index (χ0n) is 18.1. The first kappa shape index (κ1) is 31.1. The lowest BCUT2D eigenvalue weighted by Gasteiger charge is -2.17. The van der Waals surface area contributed by atoms with Gasteiger partial charge in [0.05, 0.1) is 22.2 Å². The normalized spacial score (nSPS) is 11.4. The third kappa shape index (κ3) is 8.74. The molecule has 1 heterocycles. The average Bonchev–Trinajstić information content (AvgIpc) is 3.09. The van der Waals surface area contributed by atoms with Crippen molar-refractivity contribution in [3.05, 3.63) is 54.4 Å². The SMILES string of the molecule is CN(CCNCCc1nc2ccccc2[nH]1)S(=O)(=O)c1ccc(NS(C)(=O)=O)cc1.Cl.Cl.O. The summed E-state index contributed by atoms with van der Waals surface area (Å²) in [5.41, 5.74) is 2.23. The standard InChI is InChI=1S/C19H25N5O4S2.2ClH.H2O/c1-24(30(27,28)16-9-7-15(8-10-16)23-29(2,25)26)14-13-20-12-11-19-21-17-5-3-4-6-18(17)22-19;;;/h3-10,20,23H,11-14H2,1-2H3,(H,21,22);2*1H;1H2. The molecule has 3 rings (SSSR count). The highest BCUT2D eigenvalue weighted by molar-refractivity contribution is 7.92. The van der Waals surface area contributed by atoms with Crippen molar-refractivity contribution in [3.63, 3.8) is 0 Å². The Kier molecular flexibility index (Phi) is 12.3. The maximum atomic E-state index is 12.7. The Morgan fingerprint density at radius 1 is 0.970 bits per heavy atom. The molecule has 3 aromatic rings. The molecule has 0 atom stereocenters. The molecule has 0 spiro atoms. The van der Waals surface area contributed by atoms with Crippen molar-refractivity contribution in [2.45, 2.75) is 11.3 Å². The van der Waals surface area contributed by atoms with Crippen molar-refractivity contribution in [3.8, 4) is 0 Å². The van der Waals surface area contributed by atoms with E-state index in [9.17, 15) is 16.8 Å². The van der Waals surface area contributed by atoms with Crippen LogP contribution < -0.4 is 10.0 Å². The maximum absolute atomic E-state index is 12.7. The van der Waals surface area contributed by atoms with Crippen LogP contribution in [0.2, 0.25) is 0 Å². The van der Waals surface area contributed by atoms with Crippen molar-refractivity contribution in [2.24, 2.45) is 0 Å². The number of benzene rings is 2. The molecule has 33 heavy (non-hydrogen) atoms. The van der Waals surface area contributed by atoms with Gasteiger partial charge in [-0.25, -0.2) is 21.8 Å². The minimum Gasteiger partial charge on any atom is -0.412 e. The summed E-state index contributed by atoms with van der Waals surface area (Å²) in [7, 11) is -5.56. The lowest BCUT2D eigenvalue weighted by Crippen LogP contribution is -2.34. The third-order valence-corrected chi connectivity index (χ3v) is 6.92. The zero-order valence-corrected chi connectivity index (χ0v) is 21.4. The van der Waals surface area contributed by atoms with E-state index in [4.69, 9.17) is 0 Å². The van der Waals surface area contributed by atoms with Crippen molar-refractivity contribution in [1.29, 1.82) is 0 Å². The molecule has 0 unspecified atom stereocenters. The predicted octanol–water partition coefficient (Wildman–Crippen LogP) is 1.41. The predicted molar refractivity (Wildman–Crippen MR) is 136 cm³/mol. The number of aromatic amines is 1. The second-order valence-electron chi connectivity index (χ2n) is 6.93. The summed E-state index contributed by atoms with van der Waals surface area (Å²) in [6.07, 6.45) is 1.74. The van der Waals surface area contributed by atoms with E-state index in [1.165, 1.54) is 35.6 Å². The van der Waals surface area contributed by atoms with Gasteiger partial charge in [-0.3, -0.25) is 4.72 Å². The summed E-state index contributed by atoms with van der Waals surface area (Å²) in [4.78, 5) is 7.87. The average molecular weight is 543 g/mol. The fraction of sp³-hybridized carbons (Fsp3) is 0.316. The number of halogens is 2. The summed E-state index contributed by atoms with van der Waals surface area (Å²) >= 11 is 0. The van der Waals surface area contributed by atoms with E-state index in [1.807, 2.05) is 24.3 Å². The lowest BCUT2D eigenvalue weighted by atomic mass is 10.3. The molecular weight excluding hydrogens is 513 g/mol. The number of hydrogen-bond acceptors (Lipinski definition) is 6. The smallest absolute Gasteiger partial charge is 0.242 e. The minimum absolute atomic E-state index is 0. The van der Waals surface area contributed by atoms with Crippen molar-refractivity contribution in [1.82, 2.24) is 19.6 Å². The number of aromatic nitrogens is 2. The number of nitrogens with zero attached hydrogens (tertiary/aromatic N) is 2. The van der Waals surface area contributed by atoms with Gasteiger partial charge in [0.15, 0.2) is 0 Å². The molecule has 0 aliphatic rings. The quantitative estimate of drug-likeness (QED) is 0.329. The van der Waals surface area contributed by atoms with Crippen molar-refractivity contribution >= 4 is 61.6 Å². The van der Waals surface area contributed by atoms with Gasteiger partial charge in [-0.1, -0.05) is 12.1 Å². The summed E-state index contributed by atoms with van der Waals surface area (Å²) in [6.45, 7) is 1.45. The Bertz CT molecular complexity index is 1190. The number of imidazole rings is 1. The van der Waals surface area contributed by atoms with Gasteiger partial charge in [0.2, 0.25) is 20.0 Å². The molecule has 0 aliphatic heterocycles. The number of H-pyrrole nitrogens is 1. The van der Waals surface area contributed by atoms with Crippen LogP contribution in [0.15, 0.2) is 53.4 Å². The van der Waals surface area contributed by atoms with Gasteiger partial charge in [-0.2, -0.15) is 4.31 Å². The number of sulfonamides is 2. The summed E-state index contributed by atoms with van der Waals surface area (Å²) < 4.78 is 51.4. The molecule has 0 amide bonds. The van der Waals surface area contributed by atoms with Gasteiger partial charge in [0.1, 0.15) is 5.82 Å². The van der Waals surface area contributed by atoms with Gasteiger partial charge in [-0.05, 0) is 36.4 Å². The van der Waals surface area contributed by atoms with Crippen LogP contribution in [0.5, 0.6) is 0 Å². The first-order valence-corrected chi connectivity index (χ1v) is 12.7. The molecule has 1 aromatic heterocycles. The minimum atomic E-state index is -3.66. The van der Waals surface area contributed by atoms with Crippen LogP contribution in [-0.2, 0) is 26.5 Å². The second-order valence-corrected chi connectivity index (χ2v) is 10.7. The van der Waals surface area contributed by atoms with Gasteiger partial charge in [0.25, 0.3) is 0 Å². The molecule has 5 N–H and O–H groups in total. The Morgan fingerprint density at radius 3 is 2.21 bits per heavy atom. The van der Waals surface area contributed by atoms with E-state index in [-0.39, 0.29) is 35.2 Å². The molecule has 0 saturated carbocycles. The number of anilines is 1. The van der Waals surface area contributed by atoms with Gasteiger partial charge in [0, 0.05) is 38.8 Å². The second kappa shape index (κ2) is 13.1. The van der Waals surface area contributed by atoms with Crippen LogP contribution in [0.25, 0.3) is 11.0 Å². The molecule has 0 saturated heterocycles. The van der Waals surface area contributed by atoms with Crippen LogP contribution in [-0.4, -0.2) is 69.5 Å². The van der Waals surface area contributed by atoms with E-state index >= 15 is 0 Å². The fourth-order valence-corrected chi connectivity index (χ4v) is 4.64. The van der Waals surface area contributed by atoms with E-state index in [1.54, 1.807) is 0 Å². The topological polar surface area (TPSA) is 156 Å². The Balaban J connectivity index is 0.00000341. The van der Waals surface area contributed by atoms with E-state index in [0.29, 0.717) is 31.7 Å². The van der Waals surface area contributed by atoms with Crippen LogP contribution >= 0.6 is 24.8 Å². The molecule has 186 valence electrons. The maximum Gasteiger partial charge on any atom is 0.242 e. The summed E-state index contributed by atoms with van der Waals surface area (Å²) in [6, 6.07) is 13.4. The zero-order chi connectivity index (χ0) is 21.8. The van der Waals surface area contributed by atoms with Crippen molar-refractivity contribution in [2.75, 3.05) is 37.7 Å². The van der Waals surface area contributed by atoms with Crippen LogP contribution in [0.1, 0.15) is 5.82 Å². The highest BCUT2D eigenvalue weighted by Gasteiger charge is 2.20. The highest BCUT2D eigenvalue weighted by atomic mass is 35.5. The van der Waals surface area contributed by atoms with Gasteiger partial charge >= 0.3 is 0 Å². The Labute approximate surface area is 206 Å². The molecule has 2 aromatic carbocycles. The number of rotatable bonds is 10. The Hall–Kier alpha value is -1.93. The first-order chi connectivity index (χ1) is 14.1. The van der Waals surface area contributed by atoms with E-state index in [0.717, 1.165) is 23.1 Å². The first-order valence-electron chi connectivity index (χ1n) is 9.34. The number of nitrogens with one attached hydrogen (secondary N) is 3. The molecule has 10 nitrogen and oxygen atoms in total. The molecule has 0 aliphatic carbocycles. The van der Waals surface area contributed by atoms with E-state index < -0.39 is 20.0 Å². The summed E-state index contributed by atoms with van der Waals surface area (Å²) in [5.74, 6) is 0.882. The van der Waals surface area contributed by atoms with Crippen LogP contribution in [0.3, 0.4) is 0 Å². The largest absolute Gasteiger partial charge is 0.412 e. The number of para-hydroxylation sites is 2. The van der Waals surface area contributed by atoms with Gasteiger partial charge < -0.3 is 15.8 Å². The Morgan fingerprint density at radius 2 is 1.61 bits per heavy atom. The number of likely N-dealkylation sites (N-methyl/N-ethyl adjacent to an activating group) is 1. The highest BCUT2D eigenvalue weighted by Crippen LogP contribution is 2.18. The molecule has 14 heteroatoms. The third-order valence-electron chi connectivity index (χ3n) is 4.45. The summed E-state index contributed by atoms with van der Waals surface area (Å²) in [5, 5.41) is 3.22. The number of fused-ring (bicyclic) bond motifs is 1. The molecule has 0 bridgehead atoms.